The average Bonchev–Trinajstić information content (AvgIpc) is 3.46. The second-order valence-electron chi connectivity index (χ2n) is 12.6. The molecule has 1 fully saturated rings. The van der Waals surface area contributed by atoms with Gasteiger partial charge in [0.05, 0.1) is 143 Å². The average molecular weight is 826 g/mol. The molecule has 0 spiro atoms. The predicted molar refractivity (Wildman–Crippen MR) is 206 cm³/mol. The summed E-state index contributed by atoms with van der Waals surface area (Å²) in [5, 5.41) is 5.32. The third-order valence-corrected chi connectivity index (χ3v) is 8.19. The summed E-state index contributed by atoms with van der Waals surface area (Å²) in [5.41, 5.74) is 1.25. The van der Waals surface area contributed by atoms with Crippen LogP contribution in [-0.4, -0.2) is 186 Å². The Hall–Kier alpha value is -3.89. The highest BCUT2D eigenvalue weighted by Gasteiger charge is 2.45. The number of hydrogen-bond donors (Lipinski definition) is 2. The molecule has 3 rings (SSSR count). The fourth-order valence-electron chi connectivity index (χ4n) is 5.32. The van der Waals surface area contributed by atoms with Crippen LogP contribution in [0.3, 0.4) is 0 Å². The number of piperidine rings is 1. The van der Waals surface area contributed by atoms with Gasteiger partial charge in [0, 0.05) is 24.2 Å². The van der Waals surface area contributed by atoms with E-state index >= 15 is 0 Å². The highest BCUT2D eigenvalue weighted by Crippen LogP contribution is 2.32. The van der Waals surface area contributed by atoms with Crippen LogP contribution in [0.1, 0.15) is 40.5 Å². The molecule has 19 heteroatoms. The van der Waals surface area contributed by atoms with E-state index in [9.17, 15) is 24.0 Å². The van der Waals surface area contributed by atoms with Crippen molar-refractivity contribution in [3.05, 3.63) is 41.5 Å². The van der Waals surface area contributed by atoms with E-state index in [1.54, 1.807) is 25.1 Å². The van der Waals surface area contributed by atoms with Crippen LogP contribution in [-0.2, 0) is 66.5 Å². The summed E-state index contributed by atoms with van der Waals surface area (Å²) in [6.45, 7) is 14.2. The molecule has 1 unspecified atom stereocenters. The Labute approximate surface area is 339 Å². The van der Waals surface area contributed by atoms with Crippen molar-refractivity contribution in [3.8, 4) is 0 Å². The van der Waals surface area contributed by atoms with Gasteiger partial charge in [-0.15, -0.1) is 0 Å². The van der Waals surface area contributed by atoms with Crippen molar-refractivity contribution in [1.29, 1.82) is 0 Å². The van der Waals surface area contributed by atoms with Gasteiger partial charge in [0.2, 0.25) is 11.8 Å². The van der Waals surface area contributed by atoms with Crippen LogP contribution in [0.15, 0.2) is 30.4 Å². The van der Waals surface area contributed by atoms with Gasteiger partial charge in [-0.3, -0.25) is 29.4 Å². The molecule has 19 nitrogen and oxygen atoms in total. The van der Waals surface area contributed by atoms with Crippen molar-refractivity contribution in [2.24, 2.45) is 0 Å². The largest absolute Gasteiger partial charge is 0.460 e. The van der Waals surface area contributed by atoms with E-state index in [2.05, 4.69) is 17.2 Å². The number of benzene rings is 1. The number of nitrogens with one attached hydrogen (secondary N) is 2. The monoisotopic (exact) mass is 825 g/mol. The van der Waals surface area contributed by atoms with E-state index in [4.69, 9.17) is 52.1 Å². The number of anilines is 1. The molecule has 2 heterocycles. The smallest absolute Gasteiger partial charge is 0.333 e. The minimum Gasteiger partial charge on any atom is -0.460 e. The number of ether oxygens (including phenoxy) is 11. The first-order chi connectivity index (χ1) is 28.3. The molecule has 2 N–H and O–H groups in total. The van der Waals surface area contributed by atoms with E-state index in [-0.39, 0.29) is 30.6 Å². The molecule has 58 heavy (non-hydrogen) atoms. The predicted octanol–water partition coefficient (Wildman–Crippen LogP) is 0.785. The lowest BCUT2D eigenvalue weighted by molar-refractivity contribution is -0.140. The SMILES string of the molecule is C=C(C)C(=O)OCCOCCOCCOCCOCCOCCOCCOCCOCCOCCOCCNc1cccc2c1C(=O)N(C1CCC(=O)NC1=O)C2=O. The summed E-state index contributed by atoms with van der Waals surface area (Å²) < 4.78 is 59.6. The zero-order valence-electron chi connectivity index (χ0n) is 33.5. The molecular formula is C39H59N3O16. The number of amides is 4. The van der Waals surface area contributed by atoms with Crippen molar-refractivity contribution in [1.82, 2.24) is 10.2 Å². The van der Waals surface area contributed by atoms with Gasteiger partial charge in [0.15, 0.2) is 0 Å². The number of esters is 1. The lowest BCUT2D eigenvalue weighted by atomic mass is 10.0. The number of fused-ring (bicyclic) bond motifs is 1. The number of hydrogen-bond acceptors (Lipinski definition) is 17. The molecule has 4 amide bonds. The van der Waals surface area contributed by atoms with Crippen molar-refractivity contribution in [2.75, 3.05) is 151 Å². The topological polar surface area (TPSA) is 214 Å². The van der Waals surface area contributed by atoms with Crippen LogP contribution >= 0.6 is 0 Å². The standard InChI is InChI=1S/C39H59N3O16/c1-30(2)39(47)58-29-28-57-27-26-56-25-24-55-23-22-54-21-20-53-19-18-52-17-16-51-15-14-50-13-12-49-11-10-48-9-8-40-32-5-3-4-31-35(32)38(46)42(37(31)45)33-6-7-34(43)41-36(33)44/h3-5,33,40H,1,6-29H2,2H3,(H,41,43,44). The number of carbonyl (C=O) groups excluding carboxylic acids is 5. The van der Waals surface area contributed by atoms with Crippen molar-refractivity contribution in [3.63, 3.8) is 0 Å². The summed E-state index contributed by atoms with van der Waals surface area (Å²) in [6.07, 6.45) is 0.161. The van der Waals surface area contributed by atoms with E-state index in [0.717, 1.165) is 4.90 Å². The lowest BCUT2D eigenvalue weighted by Crippen LogP contribution is -2.54. The molecule has 1 atom stereocenters. The third-order valence-electron chi connectivity index (χ3n) is 8.19. The van der Waals surface area contributed by atoms with Gasteiger partial charge >= 0.3 is 5.97 Å². The molecule has 2 aliphatic heterocycles. The first-order valence-electron chi connectivity index (χ1n) is 19.5. The Morgan fingerprint density at radius 1 is 0.638 bits per heavy atom. The van der Waals surface area contributed by atoms with Crippen molar-refractivity contribution >= 4 is 35.3 Å². The third kappa shape index (κ3) is 19.2. The van der Waals surface area contributed by atoms with Gasteiger partial charge in [-0.1, -0.05) is 12.6 Å². The molecule has 0 bridgehead atoms. The summed E-state index contributed by atoms with van der Waals surface area (Å²) in [5.74, 6) is -2.61. The molecule has 0 saturated carbocycles. The Balaban J connectivity index is 0.995. The van der Waals surface area contributed by atoms with Crippen LogP contribution in [0, 0.1) is 0 Å². The Morgan fingerprint density at radius 3 is 1.47 bits per heavy atom. The van der Waals surface area contributed by atoms with Gasteiger partial charge in [-0.2, -0.15) is 0 Å². The number of imide groups is 2. The summed E-state index contributed by atoms with van der Waals surface area (Å²) in [6, 6.07) is 3.89. The minimum absolute atomic E-state index is 0.0618. The molecule has 0 radical (unpaired) electrons. The van der Waals surface area contributed by atoms with Gasteiger partial charge in [-0.25, -0.2) is 4.79 Å². The fraction of sp³-hybridized carbons (Fsp3) is 0.667. The van der Waals surface area contributed by atoms with Gasteiger partial charge in [0.1, 0.15) is 12.6 Å². The maximum atomic E-state index is 13.2. The van der Waals surface area contributed by atoms with E-state index in [0.29, 0.717) is 150 Å². The highest BCUT2D eigenvalue weighted by molar-refractivity contribution is 6.25. The van der Waals surface area contributed by atoms with Crippen LogP contribution < -0.4 is 10.6 Å². The van der Waals surface area contributed by atoms with Gasteiger partial charge < -0.3 is 57.4 Å². The zero-order chi connectivity index (χ0) is 41.6. The summed E-state index contributed by atoms with van der Waals surface area (Å²) in [4.78, 5) is 62.1. The first-order valence-corrected chi connectivity index (χ1v) is 19.5. The number of nitrogens with zero attached hydrogens (tertiary/aromatic N) is 1. The second-order valence-corrected chi connectivity index (χ2v) is 12.6. The summed E-state index contributed by atoms with van der Waals surface area (Å²) in [7, 11) is 0. The number of carbonyl (C=O) groups is 5. The Morgan fingerprint density at radius 2 is 1.05 bits per heavy atom. The summed E-state index contributed by atoms with van der Waals surface area (Å²) >= 11 is 0. The Bertz CT molecular complexity index is 1410. The molecular weight excluding hydrogens is 766 g/mol. The molecule has 326 valence electrons. The molecule has 0 aromatic heterocycles. The van der Waals surface area contributed by atoms with Gasteiger partial charge in [0.25, 0.3) is 11.8 Å². The molecule has 1 aromatic rings. The second kappa shape index (κ2) is 30.2. The van der Waals surface area contributed by atoms with E-state index in [1.807, 2.05) is 0 Å². The van der Waals surface area contributed by atoms with E-state index in [1.165, 1.54) is 0 Å². The molecule has 2 aliphatic rings. The molecule has 1 aromatic carbocycles. The van der Waals surface area contributed by atoms with Crippen molar-refractivity contribution in [2.45, 2.75) is 25.8 Å². The Kier molecular flexibility index (Phi) is 25.2. The zero-order valence-corrected chi connectivity index (χ0v) is 33.5. The molecule has 0 aliphatic carbocycles. The first kappa shape index (κ1) is 48.5. The normalized spacial score (nSPS) is 15.2. The molecule has 1 saturated heterocycles. The van der Waals surface area contributed by atoms with E-state index < -0.39 is 35.6 Å². The number of rotatable bonds is 36. The lowest BCUT2D eigenvalue weighted by Gasteiger charge is -2.27. The van der Waals surface area contributed by atoms with Crippen LogP contribution in [0.5, 0.6) is 0 Å². The van der Waals surface area contributed by atoms with Crippen molar-refractivity contribution < 1.29 is 76.1 Å². The van der Waals surface area contributed by atoms with Crippen LogP contribution in [0.2, 0.25) is 0 Å². The minimum atomic E-state index is -1.01. The highest BCUT2D eigenvalue weighted by atomic mass is 16.6. The maximum absolute atomic E-state index is 13.2. The quantitative estimate of drug-likeness (QED) is 0.0414. The van der Waals surface area contributed by atoms with Gasteiger partial charge in [-0.05, 0) is 25.5 Å². The maximum Gasteiger partial charge on any atom is 0.333 e. The fourth-order valence-corrected chi connectivity index (χ4v) is 5.32. The van der Waals surface area contributed by atoms with Crippen LogP contribution in [0.25, 0.3) is 0 Å². The van der Waals surface area contributed by atoms with Crippen LogP contribution in [0.4, 0.5) is 5.69 Å².